The molecule has 1 unspecified atom stereocenters. The van der Waals surface area contributed by atoms with Crippen LogP contribution in [0.25, 0.3) is 0 Å². The Hall–Kier alpha value is -2.04. The number of methoxy groups -OCH3 is 1. The van der Waals surface area contributed by atoms with Crippen molar-refractivity contribution < 1.29 is 19.4 Å². The lowest BCUT2D eigenvalue weighted by atomic mass is 10.1. The molecule has 0 saturated heterocycles. The summed E-state index contributed by atoms with van der Waals surface area (Å²) >= 11 is 0. The molecule has 1 aromatic rings. The summed E-state index contributed by atoms with van der Waals surface area (Å²) in [5, 5.41) is 11.5. The van der Waals surface area contributed by atoms with E-state index in [4.69, 9.17) is 9.84 Å². The van der Waals surface area contributed by atoms with Gasteiger partial charge in [-0.15, -0.1) is 0 Å². The van der Waals surface area contributed by atoms with Crippen LogP contribution in [-0.4, -0.2) is 24.1 Å². The van der Waals surface area contributed by atoms with E-state index in [0.29, 0.717) is 11.4 Å². The van der Waals surface area contributed by atoms with Gasteiger partial charge in [-0.05, 0) is 31.0 Å². The third-order valence-electron chi connectivity index (χ3n) is 2.81. The highest BCUT2D eigenvalue weighted by Gasteiger charge is 2.17. The Morgan fingerprint density at radius 1 is 1.37 bits per heavy atom. The number of amides is 1. The summed E-state index contributed by atoms with van der Waals surface area (Å²) < 4.78 is 5.25. The van der Waals surface area contributed by atoms with Crippen LogP contribution in [-0.2, 0) is 9.59 Å². The Morgan fingerprint density at radius 2 is 2.00 bits per heavy atom. The van der Waals surface area contributed by atoms with Crippen molar-refractivity contribution in [3.63, 3.8) is 0 Å². The zero-order valence-electron chi connectivity index (χ0n) is 11.6. The van der Waals surface area contributed by atoms with Crippen LogP contribution in [0.5, 0.6) is 5.75 Å². The van der Waals surface area contributed by atoms with Crippen molar-refractivity contribution in [2.45, 2.75) is 27.2 Å². The van der Waals surface area contributed by atoms with E-state index in [-0.39, 0.29) is 12.3 Å². The van der Waals surface area contributed by atoms with Gasteiger partial charge in [0.25, 0.3) is 0 Å². The van der Waals surface area contributed by atoms with E-state index in [9.17, 15) is 9.59 Å². The summed E-state index contributed by atoms with van der Waals surface area (Å²) in [5.74, 6) is -1.43. The van der Waals surface area contributed by atoms with Gasteiger partial charge >= 0.3 is 5.97 Å². The number of anilines is 1. The van der Waals surface area contributed by atoms with E-state index in [1.165, 1.54) is 14.0 Å². The maximum Gasteiger partial charge on any atom is 0.306 e. The molecule has 0 aromatic heterocycles. The highest BCUT2D eigenvalue weighted by atomic mass is 16.5. The number of hydrogen-bond donors (Lipinski definition) is 2. The Balaban J connectivity index is 2.87. The zero-order valence-corrected chi connectivity index (χ0v) is 11.6. The minimum atomic E-state index is -0.984. The molecule has 0 radical (unpaired) electrons. The number of carboxylic acids is 1. The van der Waals surface area contributed by atoms with E-state index >= 15 is 0 Å². The number of nitrogens with one attached hydrogen (secondary N) is 1. The van der Waals surface area contributed by atoms with Crippen LogP contribution in [0, 0.1) is 19.8 Å². The molecule has 0 heterocycles. The summed E-state index contributed by atoms with van der Waals surface area (Å²) in [7, 11) is 1.53. The standard InChI is InChI=1S/C14H19NO4/c1-8-5-9(2)13(19-4)11(6-8)15-12(16)7-10(3)14(17)18/h5-6,10H,7H2,1-4H3,(H,15,16)(H,17,18). The Morgan fingerprint density at radius 3 is 2.53 bits per heavy atom. The third-order valence-corrected chi connectivity index (χ3v) is 2.81. The molecule has 0 spiro atoms. The van der Waals surface area contributed by atoms with E-state index in [1.807, 2.05) is 19.9 Å². The van der Waals surface area contributed by atoms with Crippen molar-refractivity contribution in [1.82, 2.24) is 0 Å². The van der Waals surface area contributed by atoms with Crippen molar-refractivity contribution in [3.8, 4) is 5.75 Å². The number of aliphatic carboxylic acids is 1. The van der Waals surface area contributed by atoms with Gasteiger partial charge in [-0.2, -0.15) is 0 Å². The first kappa shape index (κ1) is 15.0. The minimum Gasteiger partial charge on any atom is -0.494 e. The maximum absolute atomic E-state index is 11.8. The van der Waals surface area contributed by atoms with Crippen molar-refractivity contribution >= 4 is 17.6 Å². The number of rotatable bonds is 5. The normalized spacial score (nSPS) is 11.8. The quantitative estimate of drug-likeness (QED) is 0.857. The molecule has 0 aliphatic rings. The van der Waals surface area contributed by atoms with Crippen LogP contribution in [0.2, 0.25) is 0 Å². The van der Waals surface area contributed by atoms with Crippen molar-refractivity contribution in [3.05, 3.63) is 23.3 Å². The molecule has 0 fully saturated rings. The molecule has 5 nitrogen and oxygen atoms in total. The lowest BCUT2D eigenvalue weighted by molar-refractivity contribution is -0.142. The molecule has 5 heteroatoms. The molecule has 0 saturated carbocycles. The molecule has 0 aliphatic carbocycles. The van der Waals surface area contributed by atoms with Crippen LogP contribution < -0.4 is 10.1 Å². The molecule has 1 amide bonds. The number of aryl methyl sites for hydroxylation is 2. The van der Waals surface area contributed by atoms with Crippen LogP contribution in [0.4, 0.5) is 5.69 Å². The molecule has 19 heavy (non-hydrogen) atoms. The fourth-order valence-electron chi connectivity index (χ4n) is 1.88. The topological polar surface area (TPSA) is 75.6 Å². The van der Waals surface area contributed by atoms with Crippen LogP contribution >= 0.6 is 0 Å². The molecular formula is C14H19NO4. The van der Waals surface area contributed by atoms with Gasteiger partial charge in [0.05, 0.1) is 18.7 Å². The number of carboxylic acid groups (broad SMARTS) is 1. The molecule has 0 aliphatic heterocycles. The second kappa shape index (κ2) is 6.22. The molecular weight excluding hydrogens is 246 g/mol. The lowest BCUT2D eigenvalue weighted by Gasteiger charge is -2.14. The summed E-state index contributed by atoms with van der Waals surface area (Å²) in [6, 6.07) is 3.75. The average Bonchev–Trinajstić information content (AvgIpc) is 2.27. The second-order valence-corrected chi connectivity index (χ2v) is 4.65. The van der Waals surface area contributed by atoms with Gasteiger partial charge in [-0.3, -0.25) is 9.59 Å². The van der Waals surface area contributed by atoms with Crippen molar-refractivity contribution in [2.24, 2.45) is 5.92 Å². The first-order valence-corrected chi connectivity index (χ1v) is 6.03. The summed E-state index contributed by atoms with van der Waals surface area (Å²) in [5.41, 5.74) is 2.49. The van der Waals surface area contributed by atoms with Crippen molar-refractivity contribution in [1.29, 1.82) is 0 Å². The van der Waals surface area contributed by atoms with E-state index in [2.05, 4.69) is 5.32 Å². The Bertz CT molecular complexity index is 496. The number of carbonyl (C=O) groups is 2. The fraction of sp³-hybridized carbons (Fsp3) is 0.429. The largest absolute Gasteiger partial charge is 0.494 e. The number of ether oxygens (including phenoxy) is 1. The fourth-order valence-corrected chi connectivity index (χ4v) is 1.88. The van der Waals surface area contributed by atoms with E-state index in [1.54, 1.807) is 6.07 Å². The van der Waals surface area contributed by atoms with Gasteiger partial charge in [0, 0.05) is 6.42 Å². The van der Waals surface area contributed by atoms with Crippen LogP contribution in [0.1, 0.15) is 24.5 Å². The SMILES string of the molecule is COc1c(C)cc(C)cc1NC(=O)CC(C)C(=O)O. The van der Waals surface area contributed by atoms with Gasteiger partial charge in [0.15, 0.2) is 0 Å². The highest BCUT2D eigenvalue weighted by molar-refractivity contribution is 5.94. The molecule has 0 bridgehead atoms. The first-order valence-electron chi connectivity index (χ1n) is 6.03. The van der Waals surface area contributed by atoms with Crippen LogP contribution in [0.3, 0.4) is 0 Å². The van der Waals surface area contributed by atoms with Gasteiger partial charge in [-0.1, -0.05) is 13.0 Å². The average molecular weight is 265 g/mol. The van der Waals surface area contributed by atoms with Gasteiger partial charge in [-0.25, -0.2) is 0 Å². The summed E-state index contributed by atoms with van der Waals surface area (Å²) in [4.78, 5) is 22.5. The van der Waals surface area contributed by atoms with Crippen LogP contribution in [0.15, 0.2) is 12.1 Å². The molecule has 104 valence electrons. The lowest BCUT2D eigenvalue weighted by Crippen LogP contribution is -2.20. The first-order chi connectivity index (χ1) is 8.85. The highest BCUT2D eigenvalue weighted by Crippen LogP contribution is 2.30. The third kappa shape index (κ3) is 3.98. The Labute approximate surface area is 112 Å². The predicted octanol–water partition coefficient (Wildman–Crippen LogP) is 2.36. The minimum absolute atomic E-state index is 0.0640. The number of hydrogen-bond acceptors (Lipinski definition) is 3. The Kier molecular flexibility index (Phi) is 4.92. The monoisotopic (exact) mass is 265 g/mol. The van der Waals surface area contributed by atoms with Gasteiger partial charge in [0.1, 0.15) is 5.75 Å². The molecule has 1 atom stereocenters. The number of carbonyl (C=O) groups excluding carboxylic acids is 1. The molecule has 1 rings (SSSR count). The molecule has 2 N–H and O–H groups in total. The summed E-state index contributed by atoms with van der Waals surface area (Å²) in [6.07, 6.45) is -0.0640. The maximum atomic E-state index is 11.8. The van der Waals surface area contributed by atoms with Gasteiger partial charge < -0.3 is 15.2 Å². The van der Waals surface area contributed by atoms with Gasteiger partial charge in [0.2, 0.25) is 5.91 Å². The molecule has 1 aromatic carbocycles. The predicted molar refractivity (Wildman–Crippen MR) is 72.5 cm³/mol. The van der Waals surface area contributed by atoms with E-state index < -0.39 is 11.9 Å². The second-order valence-electron chi connectivity index (χ2n) is 4.65. The zero-order chi connectivity index (χ0) is 14.6. The summed E-state index contributed by atoms with van der Waals surface area (Å²) in [6.45, 7) is 5.31. The van der Waals surface area contributed by atoms with E-state index in [0.717, 1.165) is 11.1 Å². The number of benzene rings is 1. The van der Waals surface area contributed by atoms with Crippen molar-refractivity contribution in [2.75, 3.05) is 12.4 Å². The smallest absolute Gasteiger partial charge is 0.306 e.